The van der Waals surface area contributed by atoms with Crippen molar-refractivity contribution in [1.82, 2.24) is 20.1 Å². The van der Waals surface area contributed by atoms with E-state index in [-0.39, 0.29) is 0 Å². The fourth-order valence-electron chi connectivity index (χ4n) is 3.25. The van der Waals surface area contributed by atoms with Crippen LogP contribution in [0.3, 0.4) is 0 Å². The van der Waals surface area contributed by atoms with Crippen molar-refractivity contribution >= 4 is 11.8 Å². The molecule has 2 fully saturated rings. The van der Waals surface area contributed by atoms with Crippen LogP contribution < -0.4 is 10.2 Å². The normalized spacial score (nSPS) is 19.8. The van der Waals surface area contributed by atoms with Crippen molar-refractivity contribution in [1.29, 1.82) is 0 Å². The molecule has 1 aromatic rings. The van der Waals surface area contributed by atoms with Crippen molar-refractivity contribution in [2.24, 2.45) is 4.99 Å². The Kier molecular flexibility index (Phi) is 5.91. The summed E-state index contributed by atoms with van der Waals surface area (Å²) in [6.07, 6.45) is 4.52. The molecule has 0 saturated carbocycles. The van der Waals surface area contributed by atoms with Crippen LogP contribution >= 0.6 is 0 Å². The summed E-state index contributed by atoms with van der Waals surface area (Å²) in [7, 11) is 2.17. The van der Waals surface area contributed by atoms with Crippen LogP contribution in [0.15, 0.2) is 23.3 Å². The number of hydrogen-bond acceptors (Lipinski definition) is 4. The van der Waals surface area contributed by atoms with Gasteiger partial charge in [0.1, 0.15) is 5.82 Å². The van der Waals surface area contributed by atoms with Gasteiger partial charge >= 0.3 is 0 Å². The lowest BCUT2D eigenvalue weighted by Crippen LogP contribution is -2.44. The van der Waals surface area contributed by atoms with E-state index in [1.807, 2.05) is 6.20 Å². The fraction of sp³-hybridized carbons (Fsp3) is 0.667. The van der Waals surface area contributed by atoms with E-state index in [1.165, 1.54) is 18.4 Å². The molecule has 0 bridgehead atoms. The fourth-order valence-corrected chi connectivity index (χ4v) is 3.25. The van der Waals surface area contributed by atoms with Crippen molar-refractivity contribution in [3.8, 4) is 0 Å². The van der Waals surface area contributed by atoms with Gasteiger partial charge < -0.3 is 20.0 Å². The molecular weight excluding hydrogens is 300 g/mol. The van der Waals surface area contributed by atoms with Gasteiger partial charge in [0, 0.05) is 52.0 Å². The standard InChI is InChI=1S/C18H30N6/c1-3-19-18(24-8-4-5-9-24)21-15-16-6-7-17(20-14-16)23-12-10-22(2)11-13-23/h6-7,14H,3-5,8-13,15H2,1-2H3,(H,19,21). The zero-order chi connectivity index (χ0) is 16.8. The van der Waals surface area contributed by atoms with Crippen LogP contribution in [0.5, 0.6) is 0 Å². The quantitative estimate of drug-likeness (QED) is 0.668. The molecule has 6 heteroatoms. The first-order valence-electron chi connectivity index (χ1n) is 9.18. The largest absolute Gasteiger partial charge is 0.357 e. The Hall–Kier alpha value is -1.82. The molecule has 3 heterocycles. The summed E-state index contributed by atoms with van der Waals surface area (Å²) < 4.78 is 0. The smallest absolute Gasteiger partial charge is 0.194 e. The Bertz CT molecular complexity index is 527. The minimum absolute atomic E-state index is 0.689. The molecule has 6 nitrogen and oxygen atoms in total. The average Bonchev–Trinajstić information content (AvgIpc) is 3.14. The minimum Gasteiger partial charge on any atom is -0.357 e. The first-order chi connectivity index (χ1) is 11.8. The molecule has 2 aliphatic heterocycles. The summed E-state index contributed by atoms with van der Waals surface area (Å²) >= 11 is 0. The number of piperazine rings is 1. The summed E-state index contributed by atoms with van der Waals surface area (Å²) in [5, 5.41) is 3.40. The number of pyridine rings is 1. The second-order valence-electron chi connectivity index (χ2n) is 6.68. The molecule has 1 N–H and O–H groups in total. The highest BCUT2D eigenvalue weighted by Gasteiger charge is 2.16. The zero-order valence-corrected chi connectivity index (χ0v) is 15.0. The number of aromatic nitrogens is 1. The summed E-state index contributed by atoms with van der Waals surface area (Å²) in [4.78, 5) is 16.5. The summed E-state index contributed by atoms with van der Waals surface area (Å²) in [5.41, 5.74) is 1.17. The molecule has 2 aliphatic rings. The van der Waals surface area contributed by atoms with Crippen LogP contribution in [0.2, 0.25) is 0 Å². The van der Waals surface area contributed by atoms with E-state index in [0.717, 1.165) is 57.6 Å². The number of nitrogens with zero attached hydrogens (tertiary/aromatic N) is 5. The van der Waals surface area contributed by atoms with Crippen molar-refractivity contribution in [2.45, 2.75) is 26.3 Å². The maximum atomic E-state index is 4.79. The lowest BCUT2D eigenvalue weighted by Gasteiger charge is -2.33. The highest BCUT2D eigenvalue weighted by atomic mass is 15.3. The van der Waals surface area contributed by atoms with Gasteiger partial charge in [0.05, 0.1) is 6.54 Å². The van der Waals surface area contributed by atoms with Gasteiger partial charge in [-0.05, 0) is 38.4 Å². The summed E-state index contributed by atoms with van der Waals surface area (Å²) in [5.74, 6) is 2.13. The van der Waals surface area contributed by atoms with Crippen LogP contribution in [-0.2, 0) is 6.54 Å². The molecule has 0 unspecified atom stereocenters. The highest BCUT2D eigenvalue weighted by Crippen LogP contribution is 2.14. The Morgan fingerprint density at radius 1 is 1.12 bits per heavy atom. The topological polar surface area (TPSA) is 47.0 Å². The lowest BCUT2D eigenvalue weighted by atomic mass is 10.2. The van der Waals surface area contributed by atoms with E-state index in [9.17, 15) is 0 Å². The Balaban J connectivity index is 1.59. The second kappa shape index (κ2) is 8.33. The van der Waals surface area contributed by atoms with Gasteiger partial charge in [0.15, 0.2) is 5.96 Å². The summed E-state index contributed by atoms with van der Waals surface area (Å²) in [6, 6.07) is 4.30. The average molecular weight is 330 g/mol. The van der Waals surface area contributed by atoms with Gasteiger partial charge in [-0.15, -0.1) is 0 Å². The highest BCUT2D eigenvalue weighted by molar-refractivity contribution is 5.80. The number of nitrogens with one attached hydrogen (secondary N) is 1. The predicted molar refractivity (Wildman–Crippen MR) is 99.6 cm³/mol. The van der Waals surface area contributed by atoms with E-state index < -0.39 is 0 Å². The number of aliphatic imine (C=N–C) groups is 1. The van der Waals surface area contributed by atoms with Crippen LogP contribution in [0.25, 0.3) is 0 Å². The van der Waals surface area contributed by atoms with Crippen LogP contribution in [-0.4, -0.2) is 73.6 Å². The maximum Gasteiger partial charge on any atom is 0.194 e. The van der Waals surface area contributed by atoms with Crippen molar-refractivity contribution < 1.29 is 0 Å². The van der Waals surface area contributed by atoms with Gasteiger partial charge in [-0.1, -0.05) is 6.07 Å². The van der Waals surface area contributed by atoms with E-state index in [4.69, 9.17) is 4.99 Å². The lowest BCUT2D eigenvalue weighted by molar-refractivity contribution is 0.312. The Morgan fingerprint density at radius 3 is 2.50 bits per heavy atom. The van der Waals surface area contributed by atoms with Crippen LogP contribution in [0.4, 0.5) is 5.82 Å². The first-order valence-corrected chi connectivity index (χ1v) is 9.18. The first kappa shape index (κ1) is 17.0. The number of hydrogen-bond donors (Lipinski definition) is 1. The zero-order valence-electron chi connectivity index (χ0n) is 15.0. The molecule has 0 atom stereocenters. The molecule has 3 rings (SSSR count). The molecule has 0 radical (unpaired) electrons. The molecule has 0 amide bonds. The minimum atomic E-state index is 0.689. The van der Waals surface area contributed by atoms with Crippen LogP contribution in [0, 0.1) is 0 Å². The predicted octanol–water partition coefficient (Wildman–Crippen LogP) is 1.39. The van der Waals surface area contributed by atoms with Gasteiger partial charge in [-0.25, -0.2) is 9.98 Å². The van der Waals surface area contributed by atoms with Gasteiger partial charge in [0.2, 0.25) is 0 Å². The molecule has 0 aliphatic carbocycles. The van der Waals surface area contributed by atoms with E-state index >= 15 is 0 Å². The molecular formula is C18H30N6. The molecule has 0 aromatic carbocycles. The molecule has 24 heavy (non-hydrogen) atoms. The Morgan fingerprint density at radius 2 is 1.88 bits per heavy atom. The number of anilines is 1. The molecule has 2 saturated heterocycles. The van der Waals surface area contributed by atoms with E-state index in [1.54, 1.807) is 0 Å². The van der Waals surface area contributed by atoms with Crippen molar-refractivity contribution in [3.05, 3.63) is 23.9 Å². The number of likely N-dealkylation sites (tertiary alicyclic amines) is 1. The SMILES string of the molecule is CCNC(=NCc1ccc(N2CCN(C)CC2)nc1)N1CCCC1. The van der Waals surface area contributed by atoms with Gasteiger partial charge in [0.25, 0.3) is 0 Å². The van der Waals surface area contributed by atoms with Gasteiger partial charge in [-0.3, -0.25) is 0 Å². The number of likely N-dealkylation sites (N-methyl/N-ethyl adjacent to an activating group) is 1. The third-order valence-corrected chi connectivity index (χ3v) is 4.79. The third-order valence-electron chi connectivity index (χ3n) is 4.79. The second-order valence-corrected chi connectivity index (χ2v) is 6.68. The van der Waals surface area contributed by atoms with Gasteiger partial charge in [-0.2, -0.15) is 0 Å². The van der Waals surface area contributed by atoms with E-state index in [2.05, 4.69) is 51.1 Å². The van der Waals surface area contributed by atoms with Crippen molar-refractivity contribution in [3.63, 3.8) is 0 Å². The summed E-state index contributed by atoms with van der Waals surface area (Å²) in [6.45, 7) is 10.3. The molecule has 0 spiro atoms. The number of rotatable bonds is 4. The van der Waals surface area contributed by atoms with E-state index in [0.29, 0.717) is 6.54 Å². The molecule has 1 aromatic heterocycles. The molecule has 132 valence electrons. The number of guanidine groups is 1. The third kappa shape index (κ3) is 4.38. The monoisotopic (exact) mass is 330 g/mol. The van der Waals surface area contributed by atoms with Crippen LogP contribution in [0.1, 0.15) is 25.3 Å². The van der Waals surface area contributed by atoms with Crippen molar-refractivity contribution in [2.75, 3.05) is 57.8 Å². The Labute approximate surface area is 145 Å². The maximum absolute atomic E-state index is 4.79.